The van der Waals surface area contributed by atoms with E-state index in [1.807, 2.05) is 6.07 Å². The number of carboxylic acids is 1. The Morgan fingerprint density at radius 3 is 2.23 bits per heavy atom. The maximum atomic E-state index is 11.1. The summed E-state index contributed by atoms with van der Waals surface area (Å²) in [5, 5.41) is 9.07. The van der Waals surface area contributed by atoms with Crippen LogP contribution in [-0.2, 0) is 0 Å². The minimum Gasteiger partial charge on any atom is -0.478 e. The molecule has 2 aromatic carbocycles. The minimum absolute atomic E-state index is 0. The van der Waals surface area contributed by atoms with E-state index < -0.39 is 5.97 Å². The van der Waals surface area contributed by atoms with Gasteiger partial charge in [-0.15, -0.1) is 24.8 Å². The van der Waals surface area contributed by atoms with Crippen LogP contribution in [0.4, 0.5) is 11.4 Å². The van der Waals surface area contributed by atoms with Crippen LogP contribution in [0.5, 0.6) is 0 Å². The van der Waals surface area contributed by atoms with Crippen molar-refractivity contribution in [1.29, 1.82) is 0 Å². The van der Waals surface area contributed by atoms with Crippen LogP contribution in [0.15, 0.2) is 53.5 Å². The van der Waals surface area contributed by atoms with Crippen molar-refractivity contribution < 1.29 is 9.90 Å². The summed E-state index contributed by atoms with van der Waals surface area (Å²) in [4.78, 5) is 18.0. The molecule has 1 aliphatic carbocycles. The molecule has 1 saturated heterocycles. The molecule has 1 heterocycles. The Kier molecular flexibility index (Phi) is 8.75. The van der Waals surface area contributed by atoms with Crippen LogP contribution in [0.3, 0.4) is 0 Å². The first kappa shape index (κ1) is 24.2. The maximum absolute atomic E-state index is 11.1. The average molecular weight is 449 g/mol. The standard InChI is InChI=1S/C24H28N2O2.2ClH/c27-23(28)20-5-4-6-21(17-20)25-18-19-7-9-22(10-8-19)26-15-13-24(14-16-26)11-2-1-3-12-24;;/h4-10,17-18H,1-3,11-16H2,(H,27,28);2*1H. The Bertz CT molecular complexity index is 852. The van der Waals surface area contributed by atoms with Crippen LogP contribution in [-0.4, -0.2) is 30.4 Å². The highest BCUT2D eigenvalue weighted by Crippen LogP contribution is 2.45. The zero-order valence-electron chi connectivity index (χ0n) is 17.1. The van der Waals surface area contributed by atoms with Gasteiger partial charge in [0.05, 0.1) is 11.3 Å². The van der Waals surface area contributed by atoms with Crippen molar-refractivity contribution in [2.24, 2.45) is 10.4 Å². The van der Waals surface area contributed by atoms with Gasteiger partial charge in [-0.2, -0.15) is 0 Å². The van der Waals surface area contributed by atoms with Gasteiger partial charge in [-0.05, 0) is 67.0 Å². The molecular formula is C24H30Cl2N2O2. The first-order valence-corrected chi connectivity index (χ1v) is 10.4. The van der Waals surface area contributed by atoms with Crippen molar-refractivity contribution in [2.75, 3.05) is 18.0 Å². The molecule has 0 atom stereocenters. The average Bonchev–Trinajstić information content (AvgIpc) is 2.74. The second-order valence-electron chi connectivity index (χ2n) is 8.25. The van der Waals surface area contributed by atoms with E-state index >= 15 is 0 Å². The van der Waals surface area contributed by atoms with Gasteiger partial charge in [0.25, 0.3) is 0 Å². The van der Waals surface area contributed by atoms with Crippen molar-refractivity contribution in [2.45, 2.75) is 44.9 Å². The van der Waals surface area contributed by atoms with Crippen LogP contribution in [0, 0.1) is 5.41 Å². The van der Waals surface area contributed by atoms with Crippen LogP contribution in [0.1, 0.15) is 60.9 Å². The predicted octanol–water partition coefficient (Wildman–Crippen LogP) is 6.53. The highest BCUT2D eigenvalue weighted by molar-refractivity contribution is 5.89. The van der Waals surface area contributed by atoms with Gasteiger partial charge in [0.15, 0.2) is 0 Å². The second-order valence-corrected chi connectivity index (χ2v) is 8.25. The number of carboxylic acid groups (broad SMARTS) is 1. The van der Waals surface area contributed by atoms with Crippen LogP contribution < -0.4 is 4.90 Å². The first-order chi connectivity index (χ1) is 13.6. The molecule has 1 spiro atoms. The van der Waals surface area contributed by atoms with Gasteiger partial charge in [-0.1, -0.05) is 37.5 Å². The maximum Gasteiger partial charge on any atom is 0.335 e. The number of halogens is 2. The number of nitrogens with zero attached hydrogens (tertiary/aromatic N) is 2. The molecule has 4 rings (SSSR count). The summed E-state index contributed by atoms with van der Waals surface area (Å²) >= 11 is 0. The molecule has 0 aromatic heterocycles. The summed E-state index contributed by atoms with van der Waals surface area (Å²) in [6.07, 6.45) is 11.6. The monoisotopic (exact) mass is 448 g/mol. The molecule has 1 aliphatic heterocycles. The van der Waals surface area contributed by atoms with Gasteiger partial charge in [-0.3, -0.25) is 4.99 Å². The van der Waals surface area contributed by atoms with E-state index in [0.29, 0.717) is 11.1 Å². The number of carbonyl (C=O) groups is 1. The molecule has 2 aromatic rings. The lowest BCUT2D eigenvalue weighted by atomic mass is 9.68. The summed E-state index contributed by atoms with van der Waals surface area (Å²) in [7, 11) is 0. The number of hydrogen-bond acceptors (Lipinski definition) is 3. The summed E-state index contributed by atoms with van der Waals surface area (Å²) in [6.45, 7) is 2.32. The fourth-order valence-electron chi connectivity index (χ4n) is 4.68. The Hall–Kier alpha value is -2.04. The molecule has 2 fully saturated rings. The molecule has 0 unspecified atom stereocenters. The second kappa shape index (κ2) is 10.8. The molecule has 0 bridgehead atoms. The van der Waals surface area contributed by atoms with Gasteiger partial charge in [0.1, 0.15) is 0 Å². The zero-order chi connectivity index (χ0) is 19.4. The molecule has 2 aliphatic rings. The summed E-state index contributed by atoms with van der Waals surface area (Å²) in [5.74, 6) is -0.932. The number of rotatable bonds is 4. The molecular weight excluding hydrogens is 419 g/mol. The third kappa shape index (κ3) is 5.77. The van der Waals surface area contributed by atoms with Crippen molar-refractivity contribution in [3.63, 3.8) is 0 Å². The minimum atomic E-state index is -0.932. The number of aromatic carboxylic acids is 1. The Labute approximate surface area is 191 Å². The number of hydrogen-bond donors (Lipinski definition) is 1. The number of benzene rings is 2. The lowest BCUT2D eigenvalue weighted by molar-refractivity contribution is 0.0697. The number of piperidine rings is 1. The fraction of sp³-hybridized carbons (Fsp3) is 0.417. The largest absolute Gasteiger partial charge is 0.478 e. The molecule has 4 nitrogen and oxygen atoms in total. The number of anilines is 1. The van der Waals surface area contributed by atoms with E-state index in [9.17, 15) is 4.79 Å². The topological polar surface area (TPSA) is 52.9 Å². The van der Waals surface area contributed by atoms with Crippen molar-refractivity contribution >= 4 is 48.4 Å². The van der Waals surface area contributed by atoms with Gasteiger partial charge in [0.2, 0.25) is 0 Å². The quantitative estimate of drug-likeness (QED) is 0.540. The van der Waals surface area contributed by atoms with Crippen molar-refractivity contribution in [1.82, 2.24) is 0 Å². The fourth-order valence-corrected chi connectivity index (χ4v) is 4.68. The Morgan fingerprint density at radius 2 is 1.60 bits per heavy atom. The Morgan fingerprint density at radius 1 is 0.933 bits per heavy atom. The molecule has 6 heteroatoms. The third-order valence-corrected chi connectivity index (χ3v) is 6.45. The van der Waals surface area contributed by atoms with Crippen LogP contribution >= 0.6 is 24.8 Å². The molecule has 1 saturated carbocycles. The smallest absolute Gasteiger partial charge is 0.335 e. The van der Waals surface area contributed by atoms with E-state index in [1.165, 1.54) is 50.6 Å². The zero-order valence-corrected chi connectivity index (χ0v) is 18.8. The third-order valence-electron chi connectivity index (χ3n) is 6.45. The molecule has 0 amide bonds. The van der Waals surface area contributed by atoms with E-state index in [1.54, 1.807) is 24.4 Å². The van der Waals surface area contributed by atoms with Crippen molar-refractivity contribution in [3.05, 3.63) is 59.7 Å². The van der Waals surface area contributed by atoms with Crippen LogP contribution in [0.2, 0.25) is 0 Å². The summed E-state index contributed by atoms with van der Waals surface area (Å²) in [5.41, 5.74) is 3.84. The Balaban J connectivity index is 0.00000160. The number of aliphatic imine (C=N–C) groups is 1. The van der Waals surface area contributed by atoms with Gasteiger partial charge in [0, 0.05) is 25.0 Å². The molecule has 30 heavy (non-hydrogen) atoms. The molecule has 1 N–H and O–H groups in total. The SMILES string of the molecule is Cl.Cl.O=C(O)c1cccc(N=Cc2ccc(N3CCC4(CCCCC4)CC3)cc2)c1. The lowest BCUT2D eigenvalue weighted by Crippen LogP contribution is -2.41. The molecule has 0 radical (unpaired) electrons. The predicted molar refractivity (Wildman–Crippen MR) is 129 cm³/mol. The van der Waals surface area contributed by atoms with E-state index in [2.05, 4.69) is 34.2 Å². The van der Waals surface area contributed by atoms with E-state index in [4.69, 9.17) is 5.11 Å². The first-order valence-electron chi connectivity index (χ1n) is 10.4. The highest BCUT2D eigenvalue weighted by Gasteiger charge is 2.35. The van der Waals surface area contributed by atoms with Crippen LogP contribution in [0.25, 0.3) is 0 Å². The van der Waals surface area contributed by atoms with Gasteiger partial charge in [-0.25, -0.2) is 4.79 Å². The highest BCUT2D eigenvalue weighted by atomic mass is 35.5. The van der Waals surface area contributed by atoms with E-state index in [0.717, 1.165) is 18.7 Å². The molecule has 162 valence electrons. The van der Waals surface area contributed by atoms with Crippen molar-refractivity contribution in [3.8, 4) is 0 Å². The normalized spacial score (nSPS) is 17.9. The summed E-state index contributed by atoms with van der Waals surface area (Å²) in [6, 6.07) is 15.2. The van der Waals surface area contributed by atoms with E-state index in [-0.39, 0.29) is 30.4 Å². The lowest BCUT2D eigenvalue weighted by Gasteiger charge is -2.45. The summed E-state index contributed by atoms with van der Waals surface area (Å²) < 4.78 is 0. The van der Waals surface area contributed by atoms with Gasteiger partial charge >= 0.3 is 5.97 Å². The van der Waals surface area contributed by atoms with Gasteiger partial charge < -0.3 is 10.0 Å².